The Bertz CT molecular complexity index is 833. The first-order chi connectivity index (χ1) is 13.1. The fraction of sp³-hybridized carbons (Fsp3) is 0.350. The van der Waals surface area contributed by atoms with Crippen LogP contribution in [0, 0.1) is 0 Å². The van der Waals surface area contributed by atoms with Crippen LogP contribution in [0.5, 0.6) is 0 Å². The zero-order valence-corrected chi connectivity index (χ0v) is 15.1. The van der Waals surface area contributed by atoms with Crippen LogP contribution in [0.2, 0.25) is 0 Å². The van der Waals surface area contributed by atoms with Gasteiger partial charge in [-0.2, -0.15) is 0 Å². The van der Waals surface area contributed by atoms with E-state index in [0.29, 0.717) is 5.56 Å². The number of carbonyl (C=O) groups excluding carboxylic acids is 2. The highest BCUT2D eigenvalue weighted by atomic mass is 16.2. The normalized spacial score (nSPS) is 20.9. The number of nitrogens with zero attached hydrogens (tertiary/aromatic N) is 4. The summed E-state index contributed by atoms with van der Waals surface area (Å²) in [5.41, 5.74) is 7.70. The predicted molar refractivity (Wildman–Crippen MR) is 104 cm³/mol. The Balaban J connectivity index is 1.42. The molecule has 3 heterocycles. The Kier molecular flexibility index (Phi) is 4.77. The molecule has 0 aliphatic carbocycles. The van der Waals surface area contributed by atoms with Gasteiger partial charge >= 0.3 is 0 Å². The van der Waals surface area contributed by atoms with Crippen molar-refractivity contribution in [3.63, 3.8) is 0 Å². The molecule has 7 nitrogen and oxygen atoms in total. The zero-order chi connectivity index (χ0) is 18.8. The van der Waals surface area contributed by atoms with E-state index in [1.54, 1.807) is 6.20 Å². The van der Waals surface area contributed by atoms with Crippen molar-refractivity contribution in [3.8, 4) is 0 Å². The second-order valence-electron chi connectivity index (χ2n) is 6.91. The van der Waals surface area contributed by atoms with Gasteiger partial charge in [0.25, 0.3) is 5.91 Å². The molecule has 1 aromatic carbocycles. The number of hydrogen-bond acceptors (Lipinski definition) is 5. The van der Waals surface area contributed by atoms with Crippen LogP contribution in [0.25, 0.3) is 0 Å². The molecule has 2 aliphatic rings. The lowest BCUT2D eigenvalue weighted by Crippen LogP contribution is -2.53. The number of amides is 2. The predicted octanol–water partition coefficient (Wildman–Crippen LogP) is 1.11. The van der Waals surface area contributed by atoms with E-state index < -0.39 is 5.91 Å². The Labute approximate surface area is 158 Å². The summed E-state index contributed by atoms with van der Waals surface area (Å²) in [6, 6.07) is 11.6. The second-order valence-corrected chi connectivity index (χ2v) is 6.91. The highest BCUT2D eigenvalue weighted by Gasteiger charge is 2.37. The number of carbonyl (C=O) groups is 2. The Hall–Kier alpha value is -2.93. The van der Waals surface area contributed by atoms with Crippen LogP contribution in [0.15, 0.2) is 48.8 Å². The number of hydrogen-bond donors (Lipinski definition) is 1. The molecule has 27 heavy (non-hydrogen) atoms. The number of pyridine rings is 1. The number of piperazine rings is 1. The van der Waals surface area contributed by atoms with Gasteiger partial charge < -0.3 is 15.5 Å². The standard InChI is InChI=1S/C20H23N5O2/c21-19(26)16-14-22-8-6-17(16)23-10-12-24(13-11-23)18-7-9-25(20(18)27)15-4-2-1-3-5-15/h1-6,8,14,18H,7,9-13H2,(H2,21,26). The lowest BCUT2D eigenvalue weighted by atomic mass is 10.1. The summed E-state index contributed by atoms with van der Waals surface area (Å²) in [5.74, 6) is -0.290. The van der Waals surface area contributed by atoms with Gasteiger partial charge in [0.2, 0.25) is 5.91 Å². The lowest BCUT2D eigenvalue weighted by Gasteiger charge is -2.38. The van der Waals surface area contributed by atoms with Crippen LogP contribution in [0.3, 0.4) is 0 Å². The van der Waals surface area contributed by atoms with E-state index >= 15 is 0 Å². The van der Waals surface area contributed by atoms with E-state index in [1.165, 1.54) is 6.20 Å². The summed E-state index contributed by atoms with van der Waals surface area (Å²) in [4.78, 5) is 34.8. The van der Waals surface area contributed by atoms with Crippen molar-refractivity contribution in [3.05, 3.63) is 54.4 Å². The Morgan fingerprint density at radius 1 is 1.04 bits per heavy atom. The molecule has 2 aromatic rings. The van der Waals surface area contributed by atoms with Gasteiger partial charge in [-0.05, 0) is 24.6 Å². The van der Waals surface area contributed by atoms with E-state index in [1.807, 2.05) is 41.3 Å². The molecular formula is C20H23N5O2. The third-order valence-corrected chi connectivity index (χ3v) is 5.40. The molecular weight excluding hydrogens is 342 g/mol. The van der Waals surface area contributed by atoms with Gasteiger partial charge in [0.15, 0.2) is 0 Å². The molecule has 7 heteroatoms. The number of para-hydroxylation sites is 1. The summed E-state index contributed by atoms with van der Waals surface area (Å²) < 4.78 is 0. The highest BCUT2D eigenvalue weighted by molar-refractivity contribution is 5.99. The van der Waals surface area contributed by atoms with E-state index in [2.05, 4.69) is 14.8 Å². The summed E-state index contributed by atoms with van der Waals surface area (Å²) in [6.07, 6.45) is 4.03. The van der Waals surface area contributed by atoms with Crippen molar-refractivity contribution in [1.29, 1.82) is 0 Å². The third kappa shape index (κ3) is 3.38. The molecule has 2 saturated heterocycles. The van der Waals surface area contributed by atoms with Gasteiger partial charge in [-0.15, -0.1) is 0 Å². The molecule has 1 atom stereocenters. The van der Waals surface area contributed by atoms with Gasteiger partial charge in [-0.3, -0.25) is 19.5 Å². The molecule has 2 fully saturated rings. The van der Waals surface area contributed by atoms with Crippen molar-refractivity contribution in [1.82, 2.24) is 9.88 Å². The van der Waals surface area contributed by atoms with Crippen LogP contribution in [-0.2, 0) is 4.79 Å². The maximum absolute atomic E-state index is 12.9. The monoisotopic (exact) mass is 365 g/mol. The van der Waals surface area contributed by atoms with Crippen molar-refractivity contribution in [2.75, 3.05) is 42.5 Å². The number of anilines is 2. The molecule has 2 amide bonds. The van der Waals surface area contributed by atoms with E-state index in [9.17, 15) is 9.59 Å². The van der Waals surface area contributed by atoms with Crippen LogP contribution >= 0.6 is 0 Å². The average molecular weight is 365 g/mol. The summed E-state index contributed by atoms with van der Waals surface area (Å²) in [6.45, 7) is 3.81. The largest absolute Gasteiger partial charge is 0.368 e. The van der Waals surface area contributed by atoms with Gasteiger partial charge in [0.05, 0.1) is 17.3 Å². The van der Waals surface area contributed by atoms with Crippen molar-refractivity contribution >= 4 is 23.2 Å². The minimum absolute atomic E-state index is 0.0691. The molecule has 2 aliphatic heterocycles. The van der Waals surface area contributed by atoms with E-state index in [4.69, 9.17) is 5.73 Å². The third-order valence-electron chi connectivity index (χ3n) is 5.40. The molecule has 0 bridgehead atoms. The van der Waals surface area contributed by atoms with Gasteiger partial charge in [0, 0.05) is 50.8 Å². The molecule has 0 spiro atoms. The van der Waals surface area contributed by atoms with E-state index in [0.717, 1.165) is 50.5 Å². The van der Waals surface area contributed by atoms with Crippen LogP contribution < -0.4 is 15.5 Å². The lowest BCUT2D eigenvalue weighted by molar-refractivity contribution is -0.121. The topological polar surface area (TPSA) is 82.8 Å². The molecule has 1 unspecified atom stereocenters. The first kappa shape index (κ1) is 17.5. The van der Waals surface area contributed by atoms with Crippen LogP contribution in [0.4, 0.5) is 11.4 Å². The molecule has 1 aromatic heterocycles. The first-order valence-corrected chi connectivity index (χ1v) is 9.24. The van der Waals surface area contributed by atoms with Gasteiger partial charge in [0.1, 0.15) is 0 Å². The average Bonchev–Trinajstić information content (AvgIpc) is 3.10. The molecule has 2 N–H and O–H groups in total. The summed E-state index contributed by atoms with van der Waals surface area (Å²) in [5, 5.41) is 0. The maximum atomic E-state index is 12.9. The summed E-state index contributed by atoms with van der Waals surface area (Å²) >= 11 is 0. The van der Waals surface area contributed by atoms with Crippen molar-refractivity contribution < 1.29 is 9.59 Å². The second kappa shape index (κ2) is 7.36. The Morgan fingerprint density at radius 2 is 1.78 bits per heavy atom. The maximum Gasteiger partial charge on any atom is 0.252 e. The minimum Gasteiger partial charge on any atom is -0.368 e. The number of benzene rings is 1. The van der Waals surface area contributed by atoms with Gasteiger partial charge in [-0.1, -0.05) is 18.2 Å². The smallest absolute Gasteiger partial charge is 0.252 e. The molecule has 4 rings (SSSR count). The van der Waals surface area contributed by atoms with Crippen LogP contribution in [0.1, 0.15) is 16.8 Å². The number of aromatic nitrogens is 1. The quantitative estimate of drug-likeness (QED) is 0.878. The summed E-state index contributed by atoms with van der Waals surface area (Å²) in [7, 11) is 0. The minimum atomic E-state index is -0.468. The van der Waals surface area contributed by atoms with Gasteiger partial charge in [-0.25, -0.2) is 0 Å². The Morgan fingerprint density at radius 3 is 2.48 bits per heavy atom. The highest BCUT2D eigenvalue weighted by Crippen LogP contribution is 2.26. The van der Waals surface area contributed by atoms with Crippen molar-refractivity contribution in [2.45, 2.75) is 12.5 Å². The number of nitrogens with two attached hydrogens (primary N) is 1. The fourth-order valence-corrected chi connectivity index (χ4v) is 4.00. The SMILES string of the molecule is NC(=O)c1cnccc1N1CCN(C2CCN(c3ccccc3)C2=O)CC1. The fourth-order valence-electron chi connectivity index (χ4n) is 4.00. The first-order valence-electron chi connectivity index (χ1n) is 9.24. The zero-order valence-electron chi connectivity index (χ0n) is 15.1. The number of primary amides is 1. The van der Waals surface area contributed by atoms with E-state index in [-0.39, 0.29) is 11.9 Å². The molecule has 140 valence electrons. The molecule has 0 saturated carbocycles. The van der Waals surface area contributed by atoms with Crippen LogP contribution in [-0.4, -0.2) is 60.5 Å². The number of rotatable bonds is 4. The van der Waals surface area contributed by atoms with Crippen molar-refractivity contribution in [2.24, 2.45) is 5.73 Å². The molecule has 0 radical (unpaired) electrons.